The third kappa shape index (κ3) is 7.95. The van der Waals surface area contributed by atoms with Crippen molar-refractivity contribution in [3.63, 3.8) is 0 Å². The smallest absolute Gasteiger partial charge is 0.124 e. The van der Waals surface area contributed by atoms with Gasteiger partial charge in [-0.25, -0.2) is 0 Å². The molecule has 6 nitrogen and oxygen atoms in total. The lowest BCUT2D eigenvalue weighted by molar-refractivity contribution is 0.0335. The second kappa shape index (κ2) is 10.4. The summed E-state index contributed by atoms with van der Waals surface area (Å²) in [6.45, 7) is 10.9. The minimum absolute atomic E-state index is 0.198. The van der Waals surface area contributed by atoms with Gasteiger partial charge in [0, 0.05) is 38.3 Å². The van der Waals surface area contributed by atoms with E-state index in [0.29, 0.717) is 6.54 Å². The van der Waals surface area contributed by atoms with Crippen molar-refractivity contribution in [2.45, 2.75) is 52.4 Å². The summed E-state index contributed by atoms with van der Waals surface area (Å²) in [7, 11) is 3.77. The Morgan fingerprint density at radius 3 is 2.54 bits per heavy atom. The summed E-state index contributed by atoms with van der Waals surface area (Å²) in [5.74, 6) is 1.59. The number of rotatable bonds is 9. The second-order valence-electron chi connectivity index (χ2n) is 9.20. The van der Waals surface area contributed by atoms with Gasteiger partial charge in [0.25, 0.3) is 0 Å². The van der Waals surface area contributed by atoms with E-state index in [-0.39, 0.29) is 18.1 Å². The van der Waals surface area contributed by atoms with Gasteiger partial charge < -0.3 is 29.5 Å². The summed E-state index contributed by atoms with van der Waals surface area (Å²) in [4.78, 5) is 4.46. The molecule has 0 saturated carbocycles. The van der Waals surface area contributed by atoms with Gasteiger partial charge in [0.05, 0.1) is 13.2 Å². The van der Waals surface area contributed by atoms with Crippen molar-refractivity contribution in [1.29, 1.82) is 0 Å². The van der Waals surface area contributed by atoms with E-state index in [1.54, 1.807) is 7.11 Å². The molecule has 0 radical (unpaired) electrons. The summed E-state index contributed by atoms with van der Waals surface area (Å²) in [5.41, 5.74) is 1.27. The number of hydrogen-bond donors (Lipinski definition) is 2. The molecule has 1 saturated heterocycles. The second-order valence-corrected chi connectivity index (χ2v) is 9.20. The van der Waals surface area contributed by atoms with Crippen molar-refractivity contribution in [3.8, 4) is 11.5 Å². The van der Waals surface area contributed by atoms with Gasteiger partial charge in [-0.05, 0) is 43.5 Å². The molecular formula is C22H38N2O4. The van der Waals surface area contributed by atoms with Crippen molar-refractivity contribution in [2.75, 3.05) is 46.9 Å². The standard InChI is InChI=1S/C22H38N2O4/c1-22(2,3)16-23(4)13-17-12-20(27-5)6-7-21(17)28-15-19(26)14-24-10-8-18(25)9-11-24/h6-7,12,18-19,25-26H,8-11,13-16H2,1-5H3/t19-/m1/s1. The molecule has 160 valence electrons. The molecule has 6 heteroatoms. The fraction of sp³-hybridized carbons (Fsp3) is 0.727. The van der Waals surface area contributed by atoms with Crippen LogP contribution in [0.3, 0.4) is 0 Å². The van der Waals surface area contributed by atoms with E-state index in [0.717, 1.165) is 56.1 Å². The van der Waals surface area contributed by atoms with Crippen molar-refractivity contribution in [2.24, 2.45) is 5.41 Å². The molecule has 1 aromatic carbocycles. The van der Waals surface area contributed by atoms with Crippen LogP contribution in [-0.4, -0.2) is 79.2 Å². The minimum Gasteiger partial charge on any atom is -0.497 e. The van der Waals surface area contributed by atoms with Gasteiger partial charge in [0.2, 0.25) is 0 Å². The van der Waals surface area contributed by atoms with Crippen LogP contribution in [0.1, 0.15) is 39.2 Å². The summed E-state index contributed by atoms with van der Waals surface area (Å²) in [5, 5.41) is 20.0. The summed E-state index contributed by atoms with van der Waals surface area (Å²) >= 11 is 0. The summed E-state index contributed by atoms with van der Waals surface area (Å²) < 4.78 is 11.4. The molecule has 1 atom stereocenters. The minimum atomic E-state index is -0.558. The van der Waals surface area contributed by atoms with Gasteiger partial charge in [-0.3, -0.25) is 0 Å². The first kappa shape index (κ1) is 22.9. The highest BCUT2D eigenvalue weighted by atomic mass is 16.5. The monoisotopic (exact) mass is 394 g/mol. The van der Waals surface area contributed by atoms with Crippen LogP contribution in [-0.2, 0) is 6.54 Å². The van der Waals surface area contributed by atoms with Crippen LogP contribution in [0.15, 0.2) is 18.2 Å². The molecule has 1 heterocycles. The van der Waals surface area contributed by atoms with E-state index in [9.17, 15) is 10.2 Å². The highest BCUT2D eigenvalue weighted by molar-refractivity contribution is 5.40. The zero-order chi connectivity index (χ0) is 20.7. The Kier molecular flexibility index (Phi) is 8.56. The van der Waals surface area contributed by atoms with Gasteiger partial charge in [0.15, 0.2) is 0 Å². The normalized spacial score (nSPS) is 17.7. The third-order valence-electron chi connectivity index (χ3n) is 4.91. The van der Waals surface area contributed by atoms with E-state index in [2.05, 4.69) is 37.6 Å². The van der Waals surface area contributed by atoms with Gasteiger partial charge in [-0.15, -0.1) is 0 Å². The first-order valence-corrected chi connectivity index (χ1v) is 10.2. The van der Waals surface area contributed by atoms with Crippen LogP contribution in [0.2, 0.25) is 0 Å². The number of piperidine rings is 1. The van der Waals surface area contributed by atoms with Crippen LogP contribution >= 0.6 is 0 Å². The van der Waals surface area contributed by atoms with E-state index in [1.165, 1.54) is 0 Å². The molecule has 28 heavy (non-hydrogen) atoms. The van der Waals surface area contributed by atoms with Gasteiger partial charge in [-0.1, -0.05) is 20.8 Å². The third-order valence-corrected chi connectivity index (χ3v) is 4.91. The maximum Gasteiger partial charge on any atom is 0.124 e. The van der Waals surface area contributed by atoms with Gasteiger partial charge in [0.1, 0.15) is 24.2 Å². The Bertz CT molecular complexity index is 595. The van der Waals surface area contributed by atoms with Crippen molar-refractivity contribution >= 4 is 0 Å². The van der Waals surface area contributed by atoms with E-state index < -0.39 is 6.10 Å². The number of likely N-dealkylation sites (tertiary alicyclic amines) is 1. The summed E-state index contributed by atoms with van der Waals surface area (Å²) in [6, 6.07) is 5.82. The molecule has 1 aliphatic rings. The quantitative estimate of drug-likeness (QED) is 0.670. The lowest BCUT2D eigenvalue weighted by Crippen LogP contribution is -2.41. The molecule has 0 unspecified atom stereocenters. The average molecular weight is 395 g/mol. The first-order chi connectivity index (χ1) is 13.2. The number of β-amino-alcohol motifs (C(OH)–C–C–N with tert-alkyl or cyclic N) is 1. The molecule has 1 fully saturated rings. The maximum absolute atomic E-state index is 10.4. The van der Waals surface area contributed by atoms with Gasteiger partial charge >= 0.3 is 0 Å². The van der Waals surface area contributed by atoms with Crippen molar-refractivity contribution < 1.29 is 19.7 Å². The van der Waals surface area contributed by atoms with E-state index in [1.807, 2.05) is 18.2 Å². The predicted octanol–water partition coefficient (Wildman–Crippen LogP) is 2.37. The van der Waals surface area contributed by atoms with E-state index in [4.69, 9.17) is 9.47 Å². The lowest BCUT2D eigenvalue weighted by atomic mass is 9.96. The molecule has 1 aromatic rings. The number of methoxy groups -OCH3 is 1. The molecule has 0 aromatic heterocycles. The Morgan fingerprint density at radius 2 is 1.93 bits per heavy atom. The summed E-state index contributed by atoms with van der Waals surface area (Å²) in [6.07, 6.45) is 0.793. The molecule has 1 aliphatic heterocycles. The molecule has 0 spiro atoms. The molecule has 0 amide bonds. The van der Waals surface area contributed by atoms with Crippen LogP contribution < -0.4 is 9.47 Å². The fourth-order valence-electron chi connectivity index (χ4n) is 3.74. The first-order valence-electron chi connectivity index (χ1n) is 10.2. The molecule has 2 rings (SSSR count). The largest absolute Gasteiger partial charge is 0.497 e. The number of nitrogens with zero attached hydrogens (tertiary/aromatic N) is 2. The number of aliphatic hydroxyl groups is 2. The molecule has 2 N–H and O–H groups in total. The fourth-order valence-corrected chi connectivity index (χ4v) is 3.74. The zero-order valence-electron chi connectivity index (χ0n) is 18.1. The molecule has 0 aliphatic carbocycles. The van der Waals surface area contributed by atoms with E-state index >= 15 is 0 Å². The van der Waals surface area contributed by atoms with Crippen LogP contribution in [0.5, 0.6) is 11.5 Å². The van der Waals surface area contributed by atoms with Crippen LogP contribution in [0, 0.1) is 5.41 Å². The van der Waals surface area contributed by atoms with Crippen LogP contribution in [0.25, 0.3) is 0 Å². The Balaban J connectivity index is 1.94. The van der Waals surface area contributed by atoms with Crippen molar-refractivity contribution in [1.82, 2.24) is 9.80 Å². The molecular weight excluding hydrogens is 356 g/mol. The topological polar surface area (TPSA) is 65.4 Å². The average Bonchev–Trinajstić information content (AvgIpc) is 2.61. The number of hydrogen-bond acceptors (Lipinski definition) is 6. The number of ether oxygens (including phenoxy) is 2. The highest BCUT2D eigenvalue weighted by Crippen LogP contribution is 2.27. The predicted molar refractivity (Wildman–Crippen MR) is 112 cm³/mol. The lowest BCUT2D eigenvalue weighted by Gasteiger charge is -2.31. The Hall–Kier alpha value is -1.34. The maximum atomic E-state index is 10.4. The SMILES string of the molecule is COc1ccc(OC[C@H](O)CN2CCC(O)CC2)c(CN(C)CC(C)(C)C)c1. The molecule has 0 bridgehead atoms. The zero-order valence-corrected chi connectivity index (χ0v) is 18.1. The highest BCUT2D eigenvalue weighted by Gasteiger charge is 2.20. The Labute approximate surface area is 170 Å². The van der Waals surface area contributed by atoms with Gasteiger partial charge in [-0.2, -0.15) is 0 Å². The Morgan fingerprint density at radius 1 is 1.25 bits per heavy atom. The number of benzene rings is 1. The van der Waals surface area contributed by atoms with Crippen LogP contribution in [0.4, 0.5) is 0 Å². The number of aliphatic hydroxyl groups excluding tert-OH is 2. The van der Waals surface area contributed by atoms with Crippen molar-refractivity contribution in [3.05, 3.63) is 23.8 Å².